The molecule has 116 valence electrons. The van der Waals surface area contributed by atoms with Crippen LogP contribution in [0, 0.1) is 16.0 Å². The van der Waals surface area contributed by atoms with Crippen molar-refractivity contribution in [3.63, 3.8) is 0 Å². The molecule has 0 atom stereocenters. The highest BCUT2D eigenvalue weighted by molar-refractivity contribution is 5.69. The number of nitrogens with zero attached hydrogens (tertiary/aromatic N) is 2. The van der Waals surface area contributed by atoms with E-state index in [-0.39, 0.29) is 10.6 Å². The number of para-hydroxylation sites is 1. The highest BCUT2D eigenvalue weighted by Crippen LogP contribution is 2.37. The molecule has 1 aliphatic heterocycles. The second-order valence-corrected chi connectivity index (χ2v) is 5.25. The molecule has 0 radical (unpaired) electrons. The van der Waals surface area contributed by atoms with Gasteiger partial charge in [-0.2, -0.15) is 0 Å². The van der Waals surface area contributed by atoms with E-state index in [1.54, 1.807) is 18.2 Å². The first-order chi connectivity index (χ1) is 10.1. The Hall–Kier alpha value is -1.82. The molecule has 0 aromatic heterocycles. The molecule has 1 aromatic rings. The molecule has 0 bridgehead atoms. The maximum absolute atomic E-state index is 11.4. The van der Waals surface area contributed by atoms with Crippen molar-refractivity contribution in [2.45, 2.75) is 19.8 Å². The van der Waals surface area contributed by atoms with Crippen LogP contribution in [0.2, 0.25) is 0 Å². The van der Waals surface area contributed by atoms with Crippen molar-refractivity contribution >= 4 is 11.4 Å². The van der Waals surface area contributed by atoms with Gasteiger partial charge in [0.1, 0.15) is 5.69 Å². The number of anilines is 1. The third kappa shape index (κ3) is 3.85. The molecular formula is C15H22N2O4. The normalized spacial score (nSPS) is 15.7. The Kier molecular flexibility index (Phi) is 5.38. The van der Waals surface area contributed by atoms with Crippen molar-refractivity contribution < 1.29 is 14.4 Å². The zero-order valence-corrected chi connectivity index (χ0v) is 12.6. The zero-order valence-electron chi connectivity index (χ0n) is 12.6. The molecule has 0 spiro atoms. The van der Waals surface area contributed by atoms with Gasteiger partial charge in [-0.25, -0.2) is 0 Å². The molecule has 0 amide bonds. The summed E-state index contributed by atoms with van der Waals surface area (Å²) in [6.45, 7) is 4.58. The average Bonchev–Trinajstić information content (AvgIpc) is 2.48. The summed E-state index contributed by atoms with van der Waals surface area (Å²) in [6.07, 6.45) is 2.01. The standard InChI is InChI=1S/C15H22N2O4/c1-3-21-14-6-4-5-13(15(14)17(18)19)16(2)11-12-7-9-20-10-8-12/h4-6,12H,3,7-11H2,1-2H3. The van der Waals surface area contributed by atoms with Crippen LogP contribution in [0.5, 0.6) is 5.75 Å². The van der Waals surface area contributed by atoms with E-state index in [1.807, 2.05) is 18.9 Å². The average molecular weight is 294 g/mol. The van der Waals surface area contributed by atoms with Gasteiger partial charge in [0.2, 0.25) is 0 Å². The Morgan fingerprint density at radius 3 is 2.76 bits per heavy atom. The van der Waals surface area contributed by atoms with E-state index >= 15 is 0 Å². The molecule has 0 saturated carbocycles. The summed E-state index contributed by atoms with van der Waals surface area (Å²) in [5.41, 5.74) is 0.659. The fraction of sp³-hybridized carbons (Fsp3) is 0.600. The molecule has 0 N–H and O–H groups in total. The quantitative estimate of drug-likeness (QED) is 0.596. The number of ether oxygens (including phenoxy) is 2. The first kappa shape index (κ1) is 15.6. The number of rotatable bonds is 6. The lowest BCUT2D eigenvalue weighted by molar-refractivity contribution is -0.385. The van der Waals surface area contributed by atoms with Gasteiger partial charge in [-0.15, -0.1) is 0 Å². The van der Waals surface area contributed by atoms with E-state index in [0.29, 0.717) is 24.0 Å². The van der Waals surface area contributed by atoms with Gasteiger partial charge in [0, 0.05) is 26.8 Å². The first-order valence-electron chi connectivity index (χ1n) is 7.32. The molecule has 1 heterocycles. The Labute approximate surface area is 124 Å². The predicted octanol–water partition coefficient (Wildman–Crippen LogP) is 2.86. The van der Waals surface area contributed by atoms with Gasteiger partial charge in [0.15, 0.2) is 5.75 Å². The highest BCUT2D eigenvalue weighted by atomic mass is 16.6. The Balaban J connectivity index is 2.20. The maximum atomic E-state index is 11.4. The van der Waals surface area contributed by atoms with E-state index in [9.17, 15) is 10.1 Å². The molecule has 1 aliphatic rings. The van der Waals surface area contributed by atoms with E-state index in [4.69, 9.17) is 9.47 Å². The summed E-state index contributed by atoms with van der Waals surface area (Å²) in [7, 11) is 1.90. The van der Waals surface area contributed by atoms with Crippen LogP contribution < -0.4 is 9.64 Å². The van der Waals surface area contributed by atoms with Gasteiger partial charge in [-0.3, -0.25) is 10.1 Å². The Morgan fingerprint density at radius 2 is 2.14 bits per heavy atom. The summed E-state index contributed by atoms with van der Waals surface area (Å²) in [5.74, 6) is 0.845. The summed E-state index contributed by atoms with van der Waals surface area (Å²) < 4.78 is 10.7. The fourth-order valence-corrected chi connectivity index (χ4v) is 2.69. The number of hydrogen-bond donors (Lipinski definition) is 0. The molecule has 0 aliphatic carbocycles. The van der Waals surface area contributed by atoms with Crippen molar-refractivity contribution in [1.82, 2.24) is 0 Å². The lowest BCUT2D eigenvalue weighted by Crippen LogP contribution is -2.30. The van der Waals surface area contributed by atoms with Crippen molar-refractivity contribution in [1.29, 1.82) is 0 Å². The van der Waals surface area contributed by atoms with Crippen molar-refractivity contribution in [3.05, 3.63) is 28.3 Å². The van der Waals surface area contributed by atoms with Crippen LogP contribution >= 0.6 is 0 Å². The lowest BCUT2D eigenvalue weighted by atomic mass is 9.99. The van der Waals surface area contributed by atoms with Crippen molar-refractivity contribution in [2.75, 3.05) is 38.3 Å². The molecule has 6 heteroatoms. The fourth-order valence-electron chi connectivity index (χ4n) is 2.69. The number of nitro groups is 1. The summed E-state index contributed by atoms with van der Waals surface area (Å²) in [6, 6.07) is 5.22. The summed E-state index contributed by atoms with van der Waals surface area (Å²) in [5, 5.41) is 11.4. The Bertz CT molecular complexity index is 487. The van der Waals surface area contributed by atoms with Crippen LogP contribution in [0.15, 0.2) is 18.2 Å². The van der Waals surface area contributed by atoms with Gasteiger partial charge < -0.3 is 14.4 Å². The molecule has 2 rings (SSSR count). The van der Waals surface area contributed by atoms with Gasteiger partial charge >= 0.3 is 5.69 Å². The van der Waals surface area contributed by atoms with Crippen molar-refractivity contribution in [2.24, 2.45) is 5.92 Å². The SMILES string of the molecule is CCOc1cccc(N(C)CC2CCOCC2)c1[N+](=O)[O-]. The monoisotopic (exact) mass is 294 g/mol. The zero-order chi connectivity index (χ0) is 15.2. The summed E-state index contributed by atoms with van der Waals surface area (Å²) in [4.78, 5) is 13.0. The van der Waals surface area contributed by atoms with Crippen LogP contribution in [0.4, 0.5) is 11.4 Å². The third-order valence-electron chi connectivity index (χ3n) is 3.74. The van der Waals surface area contributed by atoms with E-state index in [1.165, 1.54) is 0 Å². The first-order valence-corrected chi connectivity index (χ1v) is 7.32. The molecule has 21 heavy (non-hydrogen) atoms. The van der Waals surface area contributed by atoms with Crippen LogP contribution in [-0.4, -0.2) is 38.3 Å². The van der Waals surface area contributed by atoms with Gasteiger partial charge in [0.25, 0.3) is 0 Å². The van der Waals surface area contributed by atoms with Crippen molar-refractivity contribution in [3.8, 4) is 5.75 Å². The van der Waals surface area contributed by atoms with Gasteiger partial charge in [-0.1, -0.05) is 6.07 Å². The largest absolute Gasteiger partial charge is 0.487 e. The molecule has 0 unspecified atom stereocenters. The van der Waals surface area contributed by atoms with Gasteiger partial charge in [0.05, 0.1) is 11.5 Å². The highest BCUT2D eigenvalue weighted by Gasteiger charge is 2.25. The lowest BCUT2D eigenvalue weighted by Gasteiger charge is -2.28. The molecule has 1 fully saturated rings. The third-order valence-corrected chi connectivity index (χ3v) is 3.74. The number of hydrogen-bond acceptors (Lipinski definition) is 5. The number of nitro benzene ring substituents is 1. The molecule has 1 saturated heterocycles. The molecular weight excluding hydrogens is 272 g/mol. The van der Waals surface area contributed by atoms with Crippen LogP contribution in [0.3, 0.4) is 0 Å². The minimum absolute atomic E-state index is 0.0499. The van der Waals surface area contributed by atoms with Crippen LogP contribution in [0.1, 0.15) is 19.8 Å². The number of benzene rings is 1. The topological polar surface area (TPSA) is 64.8 Å². The molecule has 6 nitrogen and oxygen atoms in total. The predicted molar refractivity (Wildman–Crippen MR) is 81.1 cm³/mol. The van der Waals surface area contributed by atoms with Gasteiger partial charge in [-0.05, 0) is 37.8 Å². The van der Waals surface area contributed by atoms with E-state index in [2.05, 4.69) is 0 Å². The second kappa shape index (κ2) is 7.26. The minimum atomic E-state index is -0.360. The Morgan fingerprint density at radius 1 is 1.43 bits per heavy atom. The smallest absolute Gasteiger partial charge is 0.333 e. The maximum Gasteiger partial charge on any atom is 0.333 e. The van der Waals surface area contributed by atoms with E-state index in [0.717, 1.165) is 32.6 Å². The second-order valence-electron chi connectivity index (χ2n) is 5.25. The minimum Gasteiger partial charge on any atom is -0.487 e. The summed E-state index contributed by atoms with van der Waals surface area (Å²) >= 11 is 0. The van der Waals surface area contributed by atoms with Crippen LogP contribution in [0.25, 0.3) is 0 Å². The van der Waals surface area contributed by atoms with Crippen LogP contribution in [-0.2, 0) is 4.74 Å². The van der Waals surface area contributed by atoms with E-state index < -0.39 is 0 Å². The molecule has 1 aromatic carbocycles.